The Balaban J connectivity index is 1.66. The van der Waals surface area contributed by atoms with Gasteiger partial charge in [0.15, 0.2) is 4.90 Å². The first-order valence-electron chi connectivity index (χ1n) is 8.29. The topological polar surface area (TPSA) is 69.7 Å². The highest BCUT2D eigenvalue weighted by molar-refractivity contribution is 7.89. The number of sulfonamides is 1. The van der Waals surface area contributed by atoms with Gasteiger partial charge in [-0.3, -0.25) is 9.69 Å². The van der Waals surface area contributed by atoms with E-state index in [-0.39, 0.29) is 31.1 Å². The highest BCUT2D eigenvalue weighted by Crippen LogP contribution is 2.24. The average Bonchev–Trinajstić information content (AvgIpc) is 3.38. The molecule has 1 unspecified atom stereocenters. The SMILES string of the molecule is CC(C(=O)NC1CC1)N1CCN(S(=O)(=O)c2c(F)cccc2F)CC1. The number of carbonyl (C=O) groups excluding carboxylic acids is 1. The minimum Gasteiger partial charge on any atom is -0.352 e. The molecule has 0 bridgehead atoms. The fourth-order valence-corrected chi connectivity index (χ4v) is 4.44. The molecule has 1 saturated carbocycles. The molecule has 0 aromatic heterocycles. The van der Waals surface area contributed by atoms with E-state index in [9.17, 15) is 22.0 Å². The Morgan fingerprint density at radius 1 is 1.16 bits per heavy atom. The van der Waals surface area contributed by atoms with Crippen LogP contribution in [0.1, 0.15) is 19.8 Å². The fraction of sp³-hybridized carbons (Fsp3) is 0.562. The number of piperazine rings is 1. The van der Waals surface area contributed by atoms with Crippen molar-refractivity contribution in [3.05, 3.63) is 29.8 Å². The van der Waals surface area contributed by atoms with Crippen LogP contribution < -0.4 is 5.32 Å². The number of nitrogens with one attached hydrogen (secondary N) is 1. The van der Waals surface area contributed by atoms with Gasteiger partial charge in [0.25, 0.3) is 0 Å². The summed E-state index contributed by atoms with van der Waals surface area (Å²) in [6.07, 6.45) is 2.00. The van der Waals surface area contributed by atoms with Crippen molar-refractivity contribution in [3.8, 4) is 0 Å². The zero-order valence-electron chi connectivity index (χ0n) is 13.9. The number of amides is 1. The van der Waals surface area contributed by atoms with Gasteiger partial charge in [0, 0.05) is 32.2 Å². The molecule has 1 aliphatic heterocycles. The van der Waals surface area contributed by atoms with Crippen molar-refractivity contribution in [1.82, 2.24) is 14.5 Å². The van der Waals surface area contributed by atoms with Crippen molar-refractivity contribution in [1.29, 1.82) is 0 Å². The maximum atomic E-state index is 13.8. The summed E-state index contributed by atoms with van der Waals surface area (Å²) < 4.78 is 53.8. The lowest BCUT2D eigenvalue weighted by Gasteiger charge is -2.36. The van der Waals surface area contributed by atoms with Gasteiger partial charge in [-0.25, -0.2) is 17.2 Å². The van der Waals surface area contributed by atoms with Crippen molar-refractivity contribution >= 4 is 15.9 Å². The van der Waals surface area contributed by atoms with Crippen molar-refractivity contribution in [3.63, 3.8) is 0 Å². The van der Waals surface area contributed by atoms with Gasteiger partial charge in [-0.1, -0.05) is 6.07 Å². The first kappa shape index (κ1) is 18.2. The summed E-state index contributed by atoms with van der Waals surface area (Å²) in [4.78, 5) is 13.1. The fourth-order valence-electron chi connectivity index (χ4n) is 2.90. The zero-order valence-corrected chi connectivity index (χ0v) is 14.7. The number of nitrogens with zero attached hydrogens (tertiary/aromatic N) is 2. The van der Waals surface area contributed by atoms with Crippen LogP contribution in [0.25, 0.3) is 0 Å². The van der Waals surface area contributed by atoms with E-state index in [1.807, 2.05) is 4.90 Å². The Morgan fingerprint density at radius 2 is 1.72 bits per heavy atom. The van der Waals surface area contributed by atoms with Crippen LogP contribution in [0.2, 0.25) is 0 Å². The van der Waals surface area contributed by atoms with Crippen LogP contribution in [0.5, 0.6) is 0 Å². The van der Waals surface area contributed by atoms with Gasteiger partial charge in [0.1, 0.15) is 11.6 Å². The lowest BCUT2D eigenvalue weighted by molar-refractivity contribution is -0.126. The lowest BCUT2D eigenvalue weighted by atomic mass is 10.2. The van der Waals surface area contributed by atoms with Crippen LogP contribution in [0.3, 0.4) is 0 Å². The zero-order chi connectivity index (χ0) is 18.2. The number of hydrogen-bond acceptors (Lipinski definition) is 4. The van der Waals surface area contributed by atoms with E-state index >= 15 is 0 Å². The van der Waals surface area contributed by atoms with E-state index in [0.29, 0.717) is 13.1 Å². The van der Waals surface area contributed by atoms with Gasteiger partial charge < -0.3 is 5.32 Å². The number of halogens is 2. The first-order valence-corrected chi connectivity index (χ1v) is 9.73. The van der Waals surface area contributed by atoms with E-state index in [2.05, 4.69) is 5.32 Å². The van der Waals surface area contributed by atoms with Gasteiger partial charge in [-0.2, -0.15) is 4.31 Å². The van der Waals surface area contributed by atoms with Gasteiger partial charge in [-0.15, -0.1) is 0 Å². The molecule has 1 saturated heterocycles. The largest absolute Gasteiger partial charge is 0.352 e. The number of benzene rings is 1. The molecule has 1 amide bonds. The Bertz CT molecular complexity index is 740. The second-order valence-electron chi connectivity index (χ2n) is 6.45. The third-order valence-corrected chi connectivity index (χ3v) is 6.59. The molecule has 3 rings (SSSR count). The minimum absolute atomic E-state index is 0.0704. The smallest absolute Gasteiger partial charge is 0.249 e. The second kappa shape index (κ2) is 6.97. The molecular formula is C16H21F2N3O3S. The Labute approximate surface area is 145 Å². The molecule has 1 aliphatic carbocycles. The number of hydrogen-bond donors (Lipinski definition) is 1. The molecule has 0 spiro atoms. The van der Waals surface area contributed by atoms with Gasteiger partial charge >= 0.3 is 0 Å². The highest BCUT2D eigenvalue weighted by atomic mass is 32.2. The van der Waals surface area contributed by atoms with Crippen LogP contribution in [-0.4, -0.2) is 61.8 Å². The van der Waals surface area contributed by atoms with Gasteiger partial charge in [0.2, 0.25) is 15.9 Å². The van der Waals surface area contributed by atoms with Crippen molar-refractivity contribution in [2.75, 3.05) is 26.2 Å². The third kappa shape index (κ3) is 3.83. The molecule has 2 fully saturated rings. The average molecular weight is 373 g/mol. The van der Waals surface area contributed by atoms with E-state index < -0.39 is 26.6 Å². The summed E-state index contributed by atoms with van der Waals surface area (Å²) in [5, 5.41) is 2.92. The molecule has 1 atom stereocenters. The van der Waals surface area contributed by atoms with Crippen LogP contribution in [-0.2, 0) is 14.8 Å². The minimum atomic E-state index is -4.25. The van der Waals surface area contributed by atoms with E-state index in [0.717, 1.165) is 35.3 Å². The summed E-state index contributed by atoms with van der Waals surface area (Å²) in [6.45, 7) is 2.59. The van der Waals surface area contributed by atoms with Crippen LogP contribution in [0.15, 0.2) is 23.1 Å². The maximum Gasteiger partial charge on any atom is 0.249 e. The van der Waals surface area contributed by atoms with Gasteiger partial charge in [0.05, 0.1) is 6.04 Å². The highest BCUT2D eigenvalue weighted by Gasteiger charge is 2.35. The van der Waals surface area contributed by atoms with E-state index in [1.54, 1.807) is 6.92 Å². The standard InChI is InChI=1S/C16H21F2N3O3S/c1-11(16(22)19-12-5-6-12)20-7-9-21(10-8-20)25(23,24)15-13(17)3-2-4-14(15)18/h2-4,11-12H,5-10H2,1H3,(H,19,22). The molecule has 2 aliphatic rings. The number of rotatable bonds is 5. The van der Waals surface area contributed by atoms with E-state index in [1.165, 1.54) is 0 Å². The molecular weight excluding hydrogens is 352 g/mol. The summed E-state index contributed by atoms with van der Waals surface area (Å²) >= 11 is 0. The molecule has 25 heavy (non-hydrogen) atoms. The third-order valence-electron chi connectivity index (χ3n) is 4.64. The van der Waals surface area contributed by atoms with E-state index in [4.69, 9.17) is 0 Å². The summed E-state index contributed by atoms with van der Waals surface area (Å²) in [6, 6.07) is 2.88. The molecule has 6 nitrogen and oxygen atoms in total. The summed E-state index contributed by atoms with van der Waals surface area (Å²) in [5.74, 6) is -2.27. The predicted octanol–water partition coefficient (Wildman–Crippen LogP) is 0.938. The quantitative estimate of drug-likeness (QED) is 0.834. The predicted molar refractivity (Wildman–Crippen MR) is 87.3 cm³/mol. The molecule has 138 valence electrons. The van der Waals surface area contributed by atoms with Crippen LogP contribution >= 0.6 is 0 Å². The van der Waals surface area contributed by atoms with Crippen molar-refractivity contribution in [2.24, 2.45) is 0 Å². The molecule has 1 heterocycles. The van der Waals surface area contributed by atoms with Crippen LogP contribution in [0.4, 0.5) is 8.78 Å². The lowest BCUT2D eigenvalue weighted by Crippen LogP contribution is -2.55. The summed E-state index contributed by atoms with van der Waals surface area (Å²) in [5.41, 5.74) is 0. The Morgan fingerprint density at radius 3 is 2.24 bits per heavy atom. The Kier molecular flexibility index (Phi) is 5.08. The van der Waals surface area contributed by atoms with Gasteiger partial charge in [-0.05, 0) is 31.9 Å². The van der Waals surface area contributed by atoms with Crippen LogP contribution in [0, 0.1) is 11.6 Å². The molecule has 0 radical (unpaired) electrons. The van der Waals surface area contributed by atoms with Crippen molar-refractivity contribution < 1.29 is 22.0 Å². The second-order valence-corrected chi connectivity index (χ2v) is 8.32. The normalized spacial score (nSPS) is 21.1. The number of carbonyl (C=O) groups is 1. The Hall–Kier alpha value is -1.58. The monoisotopic (exact) mass is 373 g/mol. The van der Waals surface area contributed by atoms with Crippen molar-refractivity contribution in [2.45, 2.75) is 36.7 Å². The molecule has 1 aromatic carbocycles. The maximum absolute atomic E-state index is 13.8. The molecule has 9 heteroatoms. The molecule has 1 N–H and O–H groups in total. The first-order chi connectivity index (χ1) is 11.8. The summed E-state index contributed by atoms with van der Waals surface area (Å²) in [7, 11) is -4.25. The molecule has 1 aromatic rings.